The topological polar surface area (TPSA) is 93.7 Å². The van der Waals surface area contributed by atoms with Crippen LogP contribution in [0, 0.1) is 0 Å². The first-order chi connectivity index (χ1) is 15.8. The highest BCUT2D eigenvalue weighted by molar-refractivity contribution is 7.89. The number of hydrogen-bond donors (Lipinski definition) is 2. The molecule has 1 atom stereocenters. The van der Waals surface area contributed by atoms with E-state index in [9.17, 15) is 13.2 Å². The molecular weight excluding hydrogens is 464 g/mol. The van der Waals surface area contributed by atoms with E-state index in [-0.39, 0.29) is 28.7 Å². The predicted octanol–water partition coefficient (Wildman–Crippen LogP) is 4.28. The van der Waals surface area contributed by atoms with Crippen LogP contribution in [-0.2, 0) is 21.2 Å². The van der Waals surface area contributed by atoms with Crippen molar-refractivity contribution in [3.63, 3.8) is 0 Å². The van der Waals surface area contributed by atoms with Gasteiger partial charge in [-0.3, -0.25) is 4.79 Å². The maximum atomic E-state index is 13.3. The summed E-state index contributed by atoms with van der Waals surface area (Å²) >= 11 is 6.05. The second kappa shape index (κ2) is 11.2. The van der Waals surface area contributed by atoms with E-state index in [1.54, 1.807) is 37.3 Å². The lowest BCUT2D eigenvalue weighted by Gasteiger charge is -2.20. The zero-order valence-corrected chi connectivity index (χ0v) is 19.8. The first-order valence-corrected chi connectivity index (χ1v) is 12.1. The molecule has 0 radical (unpaired) electrons. The van der Waals surface area contributed by atoms with Crippen molar-refractivity contribution in [2.75, 3.05) is 19.0 Å². The summed E-state index contributed by atoms with van der Waals surface area (Å²) in [6, 6.07) is 19.2. The Bertz CT molecular complexity index is 1200. The van der Waals surface area contributed by atoms with Crippen molar-refractivity contribution in [3.8, 4) is 11.5 Å². The molecule has 1 unspecified atom stereocenters. The largest absolute Gasteiger partial charge is 0.497 e. The average molecular weight is 489 g/mol. The van der Waals surface area contributed by atoms with Crippen LogP contribution < -0.4 is 19.5 Å². The van der Waals surface area contributed by atoms with Crippen molar-refractivity contribution >= 4 is 33.2 Å². The maximum Gasteiger partial charge on any atom is 0.245 e. The van der Waals surface area contributed by atoms with Gasteiger partial charge < -0.3 is 14.8 Å². The molecule has 0 aliphatic rings. The van der Waals surface area contributed by atoms with Gasteiger partial charge in [-0.2, -0.15) is 4.72 Å². The number of rotatable bonds is 10. The van der Waals surface area contributed by atoms with E-state index in [0.717, 1.165) is 5.56 Å². The molecule has 7 nitrogen and oxygen atoms in total. The molecule has 0 fully saturated rings. The van der Waals surface area contributed by atoms with Gasteiger partial charge in [0, 0.05) is 16.8 Å². The summed E-state index contributed by atoms with van der Waals surface area (Å²) < 4.78 is 39.8. The summed E-state index contributed by atoms with van der Waals surface area (Å²) in [5.74, 6) is 0.199. The number of carbonyl (C=O) groups is 1. The quantitative estimate of drug-likeness (QED) is 0.444. The van der Waals surface area contributed by atoms with Gasteiger partial charge in [-0.25, -0.2) is 8.42 Å². The van der Waals surface area contributed by atoms with Crippen LogP contribution in [0.25, 0.3) is 0 Å². The zero-order valence-electron chi connectivity index (χ0n) is 18.2. The number of sulfonamides is 1. The minimum Gasteiger partial charge on any atom is -0.497 e. The Morgan fingerprint density at radius 3 is 2.48 bits per heavy atom. The number of carbonyl (C=O) groups excluding carboxylic acids is 1. The predicted molar refractivity (Wildman–Crippen MR) is 129 cm³/mol. The number of hydrogen-bond acceptors (Lipinski definition) is 5. The fourth-order valence-corrected chi connectivity index (χ4v) is 4.79. The molecule has 33 heavy (non-hydrogen) atoms. The Labute approximate surface area is 198 Å². The normalized spacial score (nSPS) is 12.1. The molecule has 0 aliphatic carbocycles. The number of ether oxygens (including phenoxy) is 2. The standard InChI is InChI=1S/C24H25ClN2O5S/c1-3-32-22-13-12-18(25)15-23(22)33(29,30)27-21(14-17-8-5-4-6-9-17)24(28)26-19-10-7-11-20(16-19)31-2/h4-13,15-16,21,27H,3,14H2,1-2H3,(H,26,28). The zero-order chi connectivity index (χ0) is 23.8. The number of anilines is 1. The van der Waals surface area contributed by atoms with Gasteiger partial charge in [0.05, 0.1) is 13.7 Å². The van der Waals surface area contributed by atoms with Gasteiger partial charge in [0.1, 0.15) is 22.4 Å². The van der Waals surface area contributed by atoms with Crippen LogP contribution in [0.2, 0.25) is 5.02 Å². The summed E-state index contributed by atoms with van der Waals surface area (Å²) in [6.45, 7) is 2.02. The third-order valence-electron chi connectivity index (χ3n) is 4.73. The lowest BCUT2D eigenvalue weighted by atomic mass is 10.1. The molecule has 0 heterocycles. The van der Waals surface area contributed by atoms with Crippen molar-refractivity contribution in [3.05, 3.63) is 83.4 Å². The second-order valence-electron chi connectivity index (χ2n) is 7.11. The second-order valence-corrected chi connectivity index (χ2v) is 9.23. The van der Waals surface area contributed by atoms with Crippen LogP contribution in [0.15, 0.2) is 77.7 Å². The summed E-state index contributed by atoms with van der Waals surface area (Å²) in [5, 5.41) is 2.99. The number of amides is 1. The third-order valence-corrected chi connectivity index (χ3v) is 6.46. The number of benzene rings is 3. The lowest BCUT2D eigenvalue weighted by Crippen LogP contribution is -2.45. The number of halogens is 1. The smallest absolute Gasteiger partial charge is 0.245 e. The third kappa shape index (κ3) is 6.71. The monoisotopic (exact) mass is 488 g/mol. The van der Waals surface area contributed by atoms with E-state index in [2.05, 4.69) is 10.0 Å². The highest BCUT2D eigenvalue weighted by atomic mass is 35.5. The first-order valence-electron chi connectivity index (χ1n) is 10.3. The number of methoxy groups -OCH3 is 1. The number of nitrogens with one attached hydrogen (secondary N) is 2. The Kier molecular flexibility index (Phi) is 8.32. The Morgan fingerprint density at radius 1 is 1.03 bits per heavy atom. The molecule has 3 aromatic carbocycles. The molecule has 0 bridgehead atoms. The Hall–Kier alpha value is -3.07. The van der Waals surface area contributed by atoms with Crippen molar-refractivity contribution in [2.24, 2.45) is 0 Å². The van der Waals surface area contributed by atoms with Crippen LogP contribution in [0.4, 0.5) is 5.69 Å². The fraction of sp³-hybridized carbons (Fsp3) is 0.208. The molecule has 0 spiro atoms. The fourth-order valence-electron chi connectivity index (χ4n) is 3.19. The molecular formula is C24H25ClN2O5S. The highest BCUT2D eigenvalue weighted by Crippen LogP contribution is 2.28. The summed E-state index contributed by atoms with van der Waals surface area (Å²) in [6.07, 6.45) is 0.139. The maximum absolute atomic E-state index is 13.3. The van der Waals surface area contributed by atoms with Gasteiger partial charge in [-0.1, -0.05) is 48.0 Å². The van der Waals surface area contributed by atoms with Gasteiger partial charge in [0.2, 0.25) is 15.9 Å². The van der Waals surface area contributed by atoms with Crippen molar-refractivity contribution < 1.29 is 22.7 Å². The van der Waals surface area contributed by atoms with Crippen LogP contribution >= 0.6 is 11.6 Å². The highest BCUT2D eigenvalue weighted by Gasteiger charge is 2.29. The van der Waals surface area contributed by atoms with Gasteiger partial charge >= 0.3 is 0 Å². The van der Waals surface area contributed by atoms with E-state index >= 15 is 0 Å². The van der Waals surface area contributed by atoms with Gasteiger partial charge in [0.25, 0.3) is 0 Å². The van der Waals surface area contributed by atoms with Crippen LogP contribution in [0.1, 0.15) is 12.5 Å². The van der Waals surface area contributed by atoms with Gasteiger partial charge in [-0.05, 0) is 49.2 Å². The van der Waals surface area contributed by atoms with Crippen molar-refractivity contribution in [1.29, 1.82) is 0 Å². The molecule has 3 aromatic rings. The molecule has 0 aromatic heterocycles. The molecule has 2 N–H and O–H groups in total. The lowest BCUT2D eigenvalue weighted by molar-refractivity contribution is -0.117. The van der Waals surface area contributed by atoms with Crippen molar-refractivity contribution in [1.82, 2.24) is 4.72 Å². The summed E-state index contributed by atoms with van der Waals surface area (Å²) in [5.41, 5.74) is 1.27. The van der Waals surface area contributed by atoms with E-state index in [1.165, 1.54) is 19.2 Å². The first kappa shape index (κ1) is 24.6. The van der Waals surface area contributed by atoms with Crippen LogP contribution in [0.5, 0.6) is 11.5 Å². The Balaban J connectivity index is 1.92. The minimum atomic E-state index is -4.15. The molecule has 0 aliphatic heterocycles. The molecule has 0 saturated heterocycles. The molecule has 0 saturated carbocycles. The molecule has 1 amide bonds. The van der Waals surface area contributed by atoms with Crippen molar-refractivity contribution in [2.45, 2.75) is 24.3 Å². The van der Waals surface area contributed by atoms with Gasteiger partial charge in [-0.15, -0.1) is 0 Å². The van der Waals surface area contributed by atoms with E-state index in [1.807, 2.05) is 30.3 Å². The van der Waals surface area contributed by atoms with E-state index < -0.39 is 22.0 Å². The Morgan fingerprint density at radius 2 is 1.79 bits per heavy atom. The molecule has 3 rings (SSSR count). The molecule has 9 heteroatoms. The van der Waals surface area contributed by atoms with Crippen LogP contribution in [0.3, 0.4) is 0 Å². The SMILES string of the molecule is CCOc1ccc(Cl)cc1S(=O)(=O)NC(Cc1ccccc1)C(=O)Nc1cccc(OC)c1. The average Bonchev–Trinajstić information content (AvgIpc) is 2.80. The van der Waals surface area contributed by atoms with E-state index in [4.69, 9.17) is 21.1 Å². The van der Waals surface area contributed by atoms with Gasteiger partial charge in [0.15, 0.2) is 0 Å². The van der Waals surface area contributed by atoms with E-state index in [0.29, 0.717) is 11.4 Å². The molecule has 174 valence electrons. The minimum absolute atomic E-state index is 0.135. The summed E-state index contributed by atoms with van der Waals surface area (Å²) in [7, 11) is -2.63. The summed E-state index contributed by atoms with van der Waals surface area (Å²) in [4.78, 5) is 13.0. The van der Waals surface area contributed by atoms with Crippen LogP contribution in [-0.4, -0.2) is 34.1 Å².